The van der Waals surface area contributed by atoms with Crippen molar-refractivity contribution in [2.75, 3.05) is 13.1 Å². The Balaban J connectivity index is 2.00. The summed E-state index contributed by atoms with van der Waals surface area (Å²) in [5.41, 5.74) is 7.32. The molecule has 1 heterocycles. The number of benzene rings is 1. The average Bonchev–Trinajstić information content (AvgIpc) is 2.39. The maximum Gasteiger partial charge on any atom is 0.0237 e. The number of hydrogen-bond donors (Lipinski definition) is 1. The number of nitrogens with two attached hydrogens (primary N) is 1. The van der Waals surface area contributed by atoms with E-state index >= 15 is 0 Å². The Kier molecular flexibility index (Phi) is 5.22. The van der Waals surface area contributed by atoms with Gasteiger partial charge in [-0.2, -0.15) is 0 Å². The van der Waals surface area contributed by atoms with Gasteiger partial charge in [0, 0.05) is 23.6 Å². The minimum absolute atomic E-state index is 0.558. The van der Waals surface area contributed by atoms with Crippen molar-refractivity contribution in [2.45, 2.75) is 38.8 Å². The lowest BCUT2D eigenvalue weighted by atomic mass is 9.88. The van der Waals surface area contributed by atoms with Gasteiger partial charge in [0.05, 0.1) is 0 Å². The zero-order valence-corrected chi connectivity index (χ0v) is 12.7. The molecule has 0 amide bonds. The Morgan fingerprint density at radius 2 is 2.28 bits per heavy atom. The first-order valence-electron chi connectivity index (χ1n) is 6.91. The minimum Gasteiger partial charge on any atom is -0.329 e. The summed E-state index contributed by atoms with van der Waals surface area (Å²) in [5, 5.41) is 0. The van der Waals surface area contributed by atoms with Crippen LogP contribution in [-0.2, 0) is 6.54 Å². The molecule has 0 saturated carbocycles. The highest BCUT2D eigenvalue weighted by atomic mass is 79.9. The third-order valence-electron chi connectivity index (χ3n) is 4.07. The number of halogens is 1. The highest BCUT2D eigenvalue weighted by Crippen LogP contribution is 2.26. The van der Waals surface area contributed by atoms with E-state index < -0.39 is 0 Å². The normalized spacial score (nSPS) is 25.3. The molecular formula is C15H23BrN2. The fourth-order valence-corrected chi connectivity index (χ4v) is 3.32. The fraction of sp³-hybridized carbons (Fsp3) is 0.600. The van der Waals surface area contributed by atoms with E-state index in [1.54, 1.807) is 0 Å². The van der Waals surface area contributed by atoms with E-state index in [1.807, 2.05) is 0 Å². The van der Waals surface area contributed by atoms with Gasteiger partial charge in [-0.15, -0.1) is 0 Å². The van der Waals surface area contributed by atoms with Crippen LogP contribution in [0.1, 0.15) is 31.7 Å². The Morgan fingerprint density at radius 1 is 1.44 bits per heavy atom. The van der Waals surface area contributed by atoms with Crippen LogP contribution in [0.3, 0.4) is 0 Å². The molecule has 0 radical (unpaired) electrons. The number of rotatable bonds is 4. The average molecular weight is 311 g/mol. The third kappa shape index (κ3) is 3.56. The minimum atomic E-state index is 0.558. The molecule has 2 atom stereocenters. The van der Waals surface area contributed by atoms with E-state index in [9.17, 15) is 0 Å². The first kappa shape index (κ1) is 14.0. The summed E-state index contributed by atoms with van der Waals surface area (Å²) in [5.74, 6) is 0.873. The van der Waals surface area contributed by atoms with Crippen LogP contribution in [0.2, 0.25) is 0 Å². The predicted molar refractivity (Wildman–Crippen MR) is 80.4 cm³/mol. The second kappa shape index (κ2) is 6.69. The molecular weight excluding hydrogens is 288 g/mol. The Morgan fingerprint density at radius 3 is 2.94 bits per heavy atom. The Hall–Kier alpha value is -0.380. The van der Waals surface area contributed by atoms with E-state index in [0.29, 0.717) is 6.04 Å². The van der Waals surface area contributed by atoms with Crippen molar-refractivity contribution in [2.24, 2.45) is 11.7 Å². The van der Waals surface area contributed by atoms with E-state index in [2.05, 4.69) is 52.0 Å². The van der Waals surface area contributed by atoms with Crippen LogP contribution in [-0.4, -0.2) is 24.0 Å². The standard InChI is InChI=1S/C15H23BrN2/c1-2-12-6-7-18(15(9-12)10-17)11-13-4-3-5-14(16)8-13/h3-5,8,12,15H,2,6-7,9-11,17H2,1H3. The number of piperidine rings is 1. The van der Waals surface area contributed by atoms with Crippen molar-refractivity contribution in [1.82, 2.24) is 4.90 Å². The number of likely N-dealkylation sites (tertiary alicyclic amines) is 1. The van der Waals surface area contributed by atoms with Gasteiger partial charge in [-0.25, -0.2) is 0 Å². The van der Waals surface area contributed by atoms with E-state index in [1.165, 1.54) is 31.4 Å². The van der Waals surface area contributed by atoms with Crippen LogP contribution >= 0.6 is 15.9 Å². The van der Waals surface area contributed by atoms with Gasteiger partial charge in [-0.3, -0.25) is 4.90 Å². The van der Waals surface area contributed by atoms with Crippen molar-refractivity contribution >= 4 is 15.9 Å². The van der Waals surface area contributed by atoms with Crippen molar-refractivity contribution in [1.29, 1.82) is 0 Å². The molecule has 2 nitrogen and oxygen atoms in total. The second-order valence-corrected chi connectivity index (χ2v) is 6.20. The van der Waals surface area contributed by atoms with Crippen LogP contribution in [0, 0.1) is 5.92 Å². The Bertz CT molecular complexity index is 381. The molecule has 1 aromatic carbocycles. The lowest BCUT2D eigenvalue weighted by molar-refractivity contribution is 0.107. The third-order valence-corrected chi connectivity index (χ3v) is 4.56. The highest BCUT2D eigenvalue weighted by molar-refractivity contribution is 9.10. The summed E-state index contributed by atoms with van der Waals surface area (Å²) >= 11 is 3.54. The van der Waals surface area contributed by atoms with Crippen molar-refractivity contribution in [3.05, 3.63) is 34.3 Å². The molecule has 2 rings (SSSR count). The zero-order chi connectivity index (χ0) is 13.0. The van der Waals surface area contributed by atoms with Gasteiger partial charge < -0.3 is 5.73 Å². The predicted octanol–water partition coefficient (Wildman–Crippen LogP) is 3.40. The largest absolute Gasteiger partial charge is 0.329 e. The monoisotopic (exact) mass is 310 g/mol. The maximum atomic E-state index is 5.94. The zero-order valence-electron chi connectivity index (χ0n) is 11.1. The van der Waals surface area contributed by atoms with Gasteiger partial charge in [-0.05, 0) is 43.0 Å². The quantitative estimate of drug-likeness (QED) is 0.923. The topological polar surface area (TPSA) is 29.3 Å². The lowest BCUT2D eigenvalue weighted by Crippen LogP contribution is -2.45. The van der Waals surface area contributed by atoms with Gasteiger partial charge in [-0.1, -0.05) is 41.4 Å². The maximum absolute atomic E-state index is 5.94. The molecule has 3 heteroatoms. The molecule has 2 N–H and O–H groups in total. The molecule has 1 fully saturated rings. The molecule has 0 spiro atoms. The van der Waals surface area contributed by atoms with Crippen LogP contribution in [0.15, 0.2) is 28.7 Å². The molecule has 2 unspecified atom stereocenters. The molecule has 0 bridgehead atoms. The van der Waals surface area contributed by atoms with Crippen LogP contribution in [0.4, 0.5) is 0 Å². The smallest absolute Gasteiger partial charge is 0.0237 e. The van der Waals surface area contributed by atoms with Crippen LogP contribution in [0.25, 0.3) is 0 Å². The molecule has 1 aromatic rings. The first-order chi connectivity index (χ1) is 8.72. The van der Waals surface area contributed by atoms with E-state index in [4.69, 9.17) is 5.73 Å². The van der Waals surface area contributed by atoms with Gasteiger partial charge in [0.1, 0.15) is 0 Å². The first-order valence-corrected chi connectivity index (χ1v) is 7.70. The summed E-state index contributed by atoms with van der Waals surface area (Å²) in [7, 11) is 0. The molecule has 1 saturated heterocycles. The molecule has 0 aromatic heterocycles. The lowest BCUT2D eigenvalue weighted by Gasteiger charge is -2.39. The molecule has 1 aliphatic rings. The van der Waals surface area contributed by atoms with Crippen LogP contribution < -0.4 is 5.73 Å². The van der Waals surface area contributed by atoms with Gasteiger partial charge in [0.2, 0.25) is 0 Å². The van der Waals surface area contributed by atoms with Crippen LogP contribution in [0.5, 0.6) is 0 Å². The highest BCUT2D eigenvalue weighted by Gasteiger charge is 2.26. The molecule has 0 aliphatic carbocycles. The number of nitrogens with zero attached hydrogens (tertiary/aromatic N) is 1. The molecule has 100 valence electrons. The van der Waals surface area contributed by atoms with Crippen molar-refractivity contribution < 1.29 is 0 Å². The number of hydrogen-bond acceptors (Lipinski definition) is 2. The van der Waals surface area contributed by atoms with Gasteiger partial charge in [0.25, 0.3) is 0 Å². The van der Waals surface area contributed by atoms with Crippen molar-refractivity contribution in [3.8, 4) is 0 Å². The summed E-state index contributed by atoms with van der Waals surface area (Å²) in [6.07, 6.45) is 3.88. The summed E-state index contributed by atoms with van der Waals surface area (Å²) in [6.45, 7) is 5.29. The second-order valence-electron chi connectivity index (χ2n) is 5.29. The van der Waals surface area contributed by atoms with E-state index in [0.717, 1.165) is 23.5 Å². The summed E-state index contributed by atoms with van der Waals surface area (Å²) in [4.78, 5) is 2.55. The fourth-order valence-electron chi connectivity index (χ4n) is 2.88. The summed E-state index contributed by atoms with van der Waals surface area (Å²) in [6, 6.07) is 9.15. The van der Waals surface area contributed by atoms with Gasteiger partial charge in [0.15, 0.2) is 0 Å². The summed E-state index contributed by atoms with van der Waals surface area (Å²) < 4.78 is 1.16. The van der Waals surface area contributed by atoms with E-state index in [-0.39, 0.29) is 0 Å². The SMILES string of the molecule is CCC1CCN(Cc2cccc(Br)c2)C(CN)C1. The molecule has 1 aliphatic heterocycles. The van der Waals surface area contributed by atoms with Crippen molar-refractivity contribution in [3.63, 3.8) is 0 Å². The van der Waals surface area contributed by atoms with Gasteiger partial charge >= 0.3 is 0 Å². The molecule has 18 heavy (non-hydrogen) atoms. The Labute approximate surface area is 119 Å².